The second-order valence-electron chi connectivity index (χ2n) is 7.24. The highest BCUT2D eigenvalue weighted by molar-refractivity contribution is 5.86. The Kier molecular flexibility index (Phi) is 6.01. The van der Waals surface area contributed by atoms with Crippen LogP contribution in [-0.2, 0) is 11.2 Å². The standard InChI is InChI=1S/C20H28N4O3/c1-3-24(12-18(25)26)16-9-15(10-16)23-20(27)21-8-7-14-11-22-17-6-4-5-13(2)19(14)17/h4-6,11,15-16,22H,3,7-10,12H2,1-2H3,(H,25,26)(H2,21,23,27). The summed E-state index contributed by atoms with van der Waals surface area (Å²) in [5.41, 5.74) is 3.56. The van der Waals surface area contributed by atoms with E-state index in [0.717, 1.165) is 24.8 Å². The van der Waals surface area contributed by atoms with Gasteiger partial charge in [0.1, 0.15) is 0 Å². The molecule has 1 aromatic carbocycles. The van der Waals surface area contributed by atoms with Crippen molar-refractivity contribution in [3.63, 3.8) is 0 Å². The van der Waals surface area contributed by atoms with Crippen molar-refractivity contribution in [2.75, 3.05) is 19.6 Å². The topological polar surface area (TPSA) is 97.5 Å². The van der Waals surface area contributed by atoms with E-state index in [-0.39, 0.29) is 24.7 Å². The molecule has 2 amide bonds. The summed E-state index contributed by atoms with van der Waals surface area (Å²) in [6.45, 7) is 5.40. The number of carboxylic acid groups (broad SMARTS) is 1. The summed E-state index contributed by atoms with van der Waals surface area (Å²) in [4.78, 5) is 28.2. The maximum atomic E-state index is 12.1. The lowest BCUT2D eigenvalue weighted by atomic mass is 9.85. The van der Waals surface area contributed by atoms with E-state index in [1.807, 2.05) is 24.1 Å². The Balaban J connectivity index is 1.40. The summed E-state index contributed by atoms with van der Waals surface area (Å²) in [7, 11) is 0. The molecular weight excluding hydrogens is 344 g/mol. The van der Waals surface area contributed by atoms with E-state index in [9.17, 15) is 9.59 Å². The van der Waals surface area contributed by atoms with Gasteiger partial charge in [-0.1, -0.05) is 19.1 Å². The van der Waals surface area contributed by atoms with Crippen molar-refractivity contribution in [2.45, 2.75) is 45.2 Å². The van der Waals surface area contributed by atoms with Crippen LogP contribution in [-0.4, -0.2) is 58.7 Å². The predicted octanol–water partition coefficient (Wildman–Crippen LogP) is 2.26. The molecule has 7 nitrogen and oxygen atoms in total. The van der Waals surface area contributed by atoms with Gasteiger partial charge < -0.3 is 20.7 Å². The fraction of sp³-hybridized carbons (Fsp3) is 0.500. The van der Waals surface area contributed by atoms with Gasteiger partial charge in [-0.2, -0.15) is 0 Å². The van der Waals surface area contributed by atoms with Gasteiger partial charge in [0.15, 0.2) is 0 Å². The summed E-state index contributed by atoms with van der Waals surface area (Å²) in [6.07, 6.45) is 4.38. The molecule has 27 heavy (non-hydrogen) atoms. The number of aliphatic carboxylic acids is 1. The third kappa shape index (κ3) is 4.60. The Morgan fingerprint density at radius 1 is 1.33 bits per heavy atom. The van der Waals surface area contributed by atoms with Crippen molar-refractivity contribution in [2.24, 2.45) is 0 Å². The van der Waals surface area contributed by atoms with E-state index in [4.69, 9.17) is 5.11 Å². The van der Waals surface area contributed by atoms with Crippen LogP contribution in [0.4, 0.5) is 4.79 Å². The number of benzene rings is 1. The van der Waals surface area contributed by atoms with E-state index in [2.05, 4.69) is 34.7 Å². The molecule has 0 saturated heterocycles. The Morgan fingerprint density at radius 2 is 2.11 bits per heavy atom. The average molecular weight is 372 g/mol. The number of hydrogen-bond acceptors (Lipinski definition) is 3. The van der Waals surface area contributed by atoms with Crippen molar-refractivity contribution in [3.8, 4) is 0 Å². The van der Waals surface area contributed by atoms with E-state index in [0.29, 0.717) is 13.1 Å². The Morgan fingerprint density at radius 3 is 2.81 bits per heavy atom. The SMILES string of the molecule is CCN(CC(=O)O)C1CC(NC(=O)NCCc2c[nH]c3cccc(C)c23)C1. The molecule has 0 bridgehead atoms. The summed E-state index contributed by atoms with van der Waals surface area (Å²) in [5.74, 6) is -0.807. The lowest BCUT2D eigenvalue weighted by molar-refractivity contribution is -0.139. The maximum Gasteiger partial charge on any atom is 0.317 e. The number of nitrogens with one attached hydrogen (secondary N) is 3. The molecule has 0 aliphatic heterocycles. The molecule has 1 aliphatic carbocycles. The van der Waals surface area contributed by atoms with Crippen LogP contribution in [0.3, 0.4) is 0 Å². The first kappa shape index (κ1) is 19.2. The number of fused-ring (bicyclic) bond motifs is 1. The van der Waals surface area contributed by atoms with Crippen LogP contribution in [0.2, 0.25) is 0 Å². The highest BCUT2D eigenvalue weighted by atomic mass is 16.4. The summed E-state index contributed by atoms with van der Waals surface area (Å²) in [5, 5.41) is 16.1. The molecule has 146 valence electrons. The molecule has 1 heterocycles. The smallest absolute Gasteiger partial charge is 0.317 e. The zero-order valence-corrected chi connectivity index (χ0v) is 15.9. The number of aryl methyl sites for hydroxylation is 1. The number of nitrogens with zero attached hydrogens (tertiary/aromatic N) is 1. The van der Waals surface area contributed by atoms with Crippen molar-refractivity contribution in [1.29, 1.82) is 0 Å². The molecule has 0 radical (unpaired) electrons. The second kappa shape index (κ2) is 8.43. The van der Waals surface area contributed by atoms with Crippen LogP contribution in [0.25, 0.3) is 10.9 Å². The maximum absolute atomic E-state index is 12.1. The zero-order chi connectivity index (χ0) is 19.4. The van der Waals surface area contributed by atoms with Gasteiger partial charge in [-0.3, -0.25) is 9.69 Å². The monoisotopic (exact) mass is 372 g/mol. The number of rotatable bonds is 8. The normalized spacial score (nSPS) is 19.1. The Hall–Kier alpha value is -2.54. The Labute approximate surface area is 159 Å². The van der Waals surface area contributed by atoms with Gasteiger partial charge in [0.2, 0.25) is 0 Å². The van der Waals surface area contributed by atoms with Gasteiger partial charge in [-0.15, -0.1) is 0 Å². The van der Waals surface area contributed by atoms with Gasteiger partial charge >= 0.3 is 12.0 Å². The molecule has 0 atom stereocenters. The van der Waals surface area contributed by atoms with Gasteiger partial charge in [-0.25, -0.2) is 4.79 Å². The van der Waals surface area contributed by atoms with Crippen LogP contribution in [0.5, 0.6) is 0 Å². The highest BCUT2D eigenvalue weighted by Gasteiger charge is 2.34. The van der Waals surface area contributed by atoms with Gasteiger partial charge in [0.05, 0.1) is 6.54 Å². The number of amides is 2. The number of carbonyl (C=O) groups excluding carboxylic acids is 1. The molecular formula is C20H28N4O3. The average Bonchev–Trinajstić information content (AvgIpc) is 3.00. The van der Waals surface area contributed by atoms with Gasteiger partial charge in [0.25, 0.3) is 0 Å². The van der Waals surface area contributed by atoms with Crippen molar-refractivity contribution in [1.82, 2.24) is 20.5 Å². The molecule has 3 rings (SSSR count). The number of carboxylic acids is 1. The van der Waals surface area contributed by atoms with Crippen LogP contribution in [0, 0.1) is 6.92 Å². The first-order chi connectivity index (χ1) is 13.0. The minimum absolute atomic E-state index is 0.0596. The summed E-state index contributed by atoms with van der Waals surface area (Å²) in [6, 6.07) is 6.39. The zero-order valence-electron chi connectivity index (χ0n) is 15.9. The number of H-pyrrole nitrogens is 1. The first-order valence-electron chi connectivity index (χ1n) is 9.53. The minimum atomic E-state index is -0.807. The fourth-order valence-corrected chi connectivity index (χ4v) is 3.87. The second-order valence-corrected chi connectivity index (χ2v) is 7.24. The quantitative estimate of drug-likeness (QED) is 0.571. The van der Waals surface area contributed by atoms with Gasteiger partial charge in [0, 0.05) is 35.7 Å². The molecule has 0 unspecified atom stereocenters. The molecule has 7 heteroatoms. The Bertz CT molecular complexity index is 811. The van der Waals surface area contributed by atoms with Crippen molar-refractivity contribution in [3.05, 3.63) is 35.5 Å². The largest absolute Gasteiger partial charge is 0.480 e. The molecule has 2 aromatic rings. The summed E-state index contributed by atoms with van der Waals surface area (Å²) >= 11 is 0. The predicted molar refractivity (Wildman–Crippen MR) is 105 cm³/mol. The van der Waals surface area contributed by atoms with Crippen LogP contribution < -0.4 is 10.6 Å². The number of carbonyl (C=O) groups is 2. The van der Waals surface area contributed by atoms with E-state index in [1.165, 1.54) is 16.5 Å². The van der Waals surface area contributed by atoms with E-state index in [1.54, 1.807) is 0 Å². The molecule has 1 aromatic heterocycles. The molecule has 1 saturated carbocycles. The first-order valence-corrected chi connectivity index (χ1v) is 9.53. The number of aromatic amines is 1. The van der Waals surface area contributed by atoms with Crippen molar-refractivity contribution < 1.29 is 14.7 Å². The third-order valence-electron chi connectivity index (χ3n) is 5.39. The van der Waals surface area contributed by atoms with E-state index < -0.39 is 5.97 Å². The lowest BCUT2D eigenvalue weighted by Crippen LogP contribution is -2.56. The summed E-state index contributed by atoms with van der Waals surface area (Å²) < 4.78 is 0. The molecule has 1 fully saturated rings. The van der Waals surface area contributed by atoms with Crippen LogP contribution in [0.1, 0.15) is 30.9 Å². The molecule has 4 N–H and O–H groups in total. The highest BCUT2D eigenvalue weighted by Crippen LogP contribution is 2.25. The molecule has 0 spiro atoms. The lowest BCUT2D eigenvalue weighted by Gasteiger charge is -2.42. The van der Waals surface area contributed by atoms with Crippen molar-refractivity contribution >= 4 is 22.9 Å². The number of aromatic nitrogens is 1. The fourth-order valence-electron chi connectivity index (χ4n) is 3.87. The minimum Gasteiger partial charge on any atom is -0.480 e. The van der Waals surface area contributed by atoms with Gasteiger partial charge in [-0.05, 0) is 49.9 Å². The molecule has 1 aliphatic rings. The number of urea groups is 1. The van der Waals surface area contributed by atoms with Crippen LogP contribution >= 0.6 is 0 Å². The third-order valence-corrected chi connectivity index (χ3v) is 5.39. The number of hydrogen-bond donors (Lipinski definition) is 4. The van der Waals surface area contributed by atoms with E-state index >= 15 is 0 Å². The van der Waals surface area contributed by atoms with Crippen LogP contribution in [0.15, 0.2) is 24.4 Å². The number of likely N-dealkylation sites (N-methyl/N-ethyl adjacent to an activating group) is 1.